The number of nitrogens with one attached hydrogen (secondary N) is 1. The van der Waals surface area contributed by atoms with Gasteiger partial charge in [0, 0.05) is 67.1 Å². The zero-order valence-electron chi connectivity index (χ0n) is 45.3. The number of imide groups is 1. The SMILES string of the molecule is CC/C=C/[C@]1(C)C[C@@H](O)[C@@]2(C)C3C(=O)CCC3(CC[C@H]2C)[C@@H](C)[C@@H]1OCOC.CC/C=C/[C@]1(C)C[C@@H](OC(=O)NC(=O)[C@H]2CN(C)CC[C@@H]2C)[C@@]2(C)C3C(=O)CCC3(CC[C@H]2C)[C@@H](C)[C@@H]1OCOC. The van der Waals surface area contributed by atoms with Crippen LogP contribution in [0.2, 0.25) is 0 Å². The summed E-state index contributed by atoms with van der Waals surface area (Å²) in [6.45, 7) is 26.0. The summed E-state index contributed by atoms with van der Waals surface area (Å²) in [6.07, 6.45) is 17.5. The van der Waals surface area contributed by atoms with Gasteiger partial charge in [0.1, 0.15) is 31.3 Å². The highest BCUT2D eigenvalue weighted by molar-refractivity contribution is 5.93. The van der Waals surface area contributed by atoms with E-state index >= 15 is 0 Å². The molecule has 1 aliphatic heterocycles. The number of methoxy groups -OCH3 is 2. The van der Waals surface area contributed by atoms with Gasteiger partial charge in [0.2, 0.25) is 5.91 Å². The Bertz CT molecular complexity index is 1890. The maximum Gasteiger partial charge on any atom is 0.414 e. The van der Waals surface area contributed by atoms with E-state index in [2.05, 4.69) is 111 Å². The van der Waals surface area contributed by atoms with Crippen molar-refractivity contribution in [3.63, 3.8) is 0 Å². The van der Waals surface area contributed by atoms with Gasteiger partial charge in [0.05, 0.1) is 24.2 Å². The molecular formula is C57H94N2O10. The monoisotopic (exact) mass is 967 g/mol. The summed E-state index contributed by atoms with van der Waals surface area (Å²) in [6, 6.07) is 0. The first-order chi connectivity index (χ1) is 32.5. The predicted octanol–water partition coefficient (Wildman–Crippen LogP) is 10.3. The van der Waals surface area contributed by atoms with E-state index in [0.717, 1.165) is 64.3 Å². The summed E-state index contributed by atoms with van der Waals surface area (Å²) in [5, 5.41) is 14.2. The first kappa shape index (κ1) is 55.8. The molecule has 2 N–H and O–H groups in total. The normalized spacial score (nSPS) is 45.7. The standard InChI is InChI=1S/C33H54N2O6.C24H40O4/c1-9-10-14-31(5)18-26(41-30(38)34-29(37)24-19-35(7)17-13-21(24)2)32(6)22(3)11-15-33(16-12-25(36)27(32)33)23(4)28(31)40-20-39-8;1-7-8-11-22(4)14-19(26)23(5)16(2)9-12-24(13-10-18(25)20(23)24)17(3)21(22)28-15-27-6/h10,14,21-24,26-28H,9,11-13,15-20H2,1-8H3,(H,34,37,38);8,11,16-17,19-21,26H,7,9-10,12-15H2,1-6H3/b14-10+;11-8+/t21-,22+,23-,24-,26+,27?,28-,31+,32-,33?;16-,17+,19-,20?,21+,22-,23+,24?/m01/s1. The Morgan fingerprint density at radius 3 is 1.70 bits per heavy atom. The second-order valence-electron chi connectivity index (χ2n) is 24.5. The topological polar surface area (TPSA) is 150 Å². The maximum atomic E-state index is 13.8. The molecule has 0 aromatic carbocycles. The number of likely N-dealkylation sites (tertiary alicyclic amines) is 1. The summed E-state index contributed by atoms with van der Waals surface area (Å²) < 4.78 is 29.9. The first-order valence-corrected chi connectivity index (χ1v) is 27.0. The lowest BCUT2D eigenvalue weighted by Gasteiger charge is -2.62. The van der Waals surface area contributed by atoms with Crippen molar-refractivity contribution >= 4 is 23.6 Å². The van der Waals surface area contributed by atoms with Gasteiger partial charge in [-0.25, -0.2) is 4.79 Å². The number of hydrogen-bond acceptors (Lipinski definition) is 11. The highest BCUT2D eigenvalue weighted by Crippen LogP contribution is 2.70. The molecule has 69 heavy (non-hydrogen) atoms. The van der Waals surface area contributed by atoms with Crippen LogP contribution in [0.4, 0.5) is 4.79 Å². The Kier molecular flexibility index (Phi) is 17.7. The molecule has 6 saturated carbocycles. The number of alkyl carbamates (subject to hydrolysis) is 1. The largest absolute Gasteiger partial charge is 0.445 e. The Morgan fingerprint density at radius 1 is 0.725 bits per heavy atom. The van der Waals surface area contributed by atoms with Gasteiger partial charge >= 0.3 is 6.09 Å². The molecule has 12 heteroatoms. The van der Waals surface area contributed by atoms with Crippen LogP contribution >= 0.6 is 0 Å². The van der Waals surface area contributed by atoms with Gasteiger partial charge in [-0.05, 0) is 125 Å². The number of amides is 2. The molecule has 7 fully saturated rings. The van der Waals surface area contributed by atoms with Crippen molar-refractivity contribution in [2.45, 2.75) is 184 Å². The summed E-state index contributed by atoms with van der Waals surface area (Å²) >= 11 is 0. The van der Waals surface area contributed by atoms with E-state index in [-0.39, 0.29) is 101 Å². The summed E-state index contributed by atoms with van der Waals surface area (Å²) in [7, 11) is 5.29. The highest BCUT2D eigenvalue weighted by Gasteiger charge is 2.70. The molecule has 4 bridgehead atoms. The van der Waals surface area contributed by atoms with Crippen LogP contribution in [0.25, 0.3) is 0 Å². The lowest BCUT2D eigenvalue weighted by atomic mass is 9.44. The molecule has 6 aliphatic carbocycles. The lowest BCUT2D eigenvalue weighted by molar-refractivity contribution is -0.214. The number of aliphatic hydroxyl groups excluding tert-OH is 1. The van der Waals surface area contributed by atoms with Crippen molar-refractivity contribution in [1.29, 1.82) is 0 Å². The number of ketones is 2. The van der Waals surface area contributed by atoms with Crippen LogP contribution in [-0.4, -0.2) is 106 Å². The number of piperidine rings is 1. The molecule has 12 nitrogen and oxygen atoms in total. The minimum atomic E-state index is -0.708. The molecular weight excluding hydrogens is 873 g/mol. The number of carbonyl (C=O) groups is 4. The highest BCUT2D eigenvalue weighted by atomic mass is 16.7. The van der Waals surface area contributed by atoms with Gasteiger partial charge in [0.25, 0.3) is 0 Å². The third kappa shape index (κ3) is 10.0. The number of ether oxygens (including phenoxy) is 5. The number of allylic oxidation sites excluding steroid dienone is 2. The molecule has 4 unspecified atom stereocenters. The molecule has 1 saturated heterocycles. The van der Waals surface area contributed by atoms with Crippen molar-refractivity contribution in [2.75, 3.05) is 47.9 Å². The fraction of sp³-hybridized carbons (Fsp3) is 0.860. The Morgan fingerprint density at radius 2 is 1.20 bits per heavy atom. The number of aliphatic hydroxyl groups is 1. The molecule has 0 radical (unpaired) electrons. The van der Waals surface area contributed by atoms with Gasteiger partial charge in [0.15, 0.2) is 0 Å². The van der Waals surface area contributed by atoms with Gasteiger partial charge in [-0.3, -0.25) is 19.7 Å². The Balaban J connectivity index is 0.000000243. The van der Waals surface area contributed by atoms with E-state index in [1.165, 1.54) is 0 Å². The van der Waals surface area contributed by atoms with Crippen LogP contribution in [0, 0.1) is 79.8 Å². The van der Waals surface area contributed by atoms with E-state index in [0.29, 0.717) is 43.9 Å². The van der Waals surface area contributed by atoms with Crippen molar-refractivity contribution < 1.29 is 48.0 Å². The number of nitrogens with zero attached hydrogens (tertiary/aromatic N) is 1. The zero-order valence-corrected chi connectivity index (χ0v) is 45.3. The van der Waals surface area contributed by atoms with Crippen LogP contribution in [0.3, 0.4) is 0 Å². The second-order valence-corrected chi connectivity index (χ2v) is 24.5. The van der Waals surface area contributed by atoms with Crippen molar-refractivity contribution in [1.82, 2.24) is 10.2 Å². The third-order valence-electron chi connectivity index (χ3n) is 20.8. The lowest BCUT2D eigenvalue weighted by Crippen LogP contribution is -2.63. The van der Waals surface area contributed by atoms with E-state index in [1.807, 2.05) is 7.05 Å². The number of Topliss-reactive ketones (excluding diaryl/α,β-unsaturated/α-hetero) is 2. The number of hydrogen-bond donors (Lipinski definition) is 2. The average molecular weight is 967 g/mol. The molecule has 0 spiro atoms. The van der Waals surface area contributed by atoms with Crippen molar-refractivity contribution in [3.8, 4) is 0 Å². The number of rotatable bonds is 12. The summed E-state index contributed by atoms with van der Waals surface area (Å²) in [5.74, 6) is 0.816. The zero-order chi connectivity index (χ0) is 50.9. The predicted molar refractivity (Wildman–Crippen MR) is 269 cm³/mol. The minimum Gasteiger partial charge on any atom is -0.445 e. The Hall–Kier alpha value is -2.48. The molecule has 7 rings (SSSR count). The molecule has 2 amide bonds. The quantitative estimate of drug-likeness (QED) is 0.142. The van der Waals surface area contributed by atoms with Gasteiger partial charge in [-0.15, -0.1) is 0 Å². The first-order valence-electron chi connectivity index (χ1n) is 27.0. The molecule has 18 atom stereocenters. The minimum absolute atomic E-state index is 0.0675. The van der Waals surface area contributed by atoms with Crippen LogP contribution < -0.4 is 5.32 Å². The number of carbonyl (C=O) groups excluding carboxylic acids is 4. The molecule has 0 aromatic heterocycles. The third-order valence-corrected chi connectivity index (χ3v) is 20.8. The van der Waals surface area contributed by atoms with Crippen molar-refractivity contribution in [2.24, 2.45) is 79.8 Å². The molecule has 7 aliphatic rings. The van der Waals surface area contributed by atoms with Gasteiger partial charge in [-0.1, -0.05) is 100 Å². The van der Waals surface area contributed by atoms with E-state index in [9.17, 15) is 24.3 Å². The summed E-state index contributed by atoms with van der Waals surface area (Å²) in [5.41, 5.74) is -2.03. The van der Waals surface area contributed by atoms with E-state index in [1.54, 1.807) is 14.2 Å². The second kappa shape index (κ2) is 21.9. The summed E-state index contributed by atoms with van der Waals surface area (Å²) in [4.78, 5) is 56.0. The van der Waals surface area contributed by atoms with Crippen LogP contribution in [0.1, 0.15) is 160 Å². The smallest absolute Gasteiger partial charge is 0.414 e. The van der Waals surface area contributed by atoms with E-state index < -0.39 is 29.1 Å². The Labute approximate surface area is 416 Å². The van der Waals surface area contributed by atoms with Gasteiger partial charge < -0.3 is 33.7 Å². The van der Waals surface area contributed by atoms with Crippen LogP contribution in [0.5, 0.6) is 0 Å². The average Bonchev–Trinajstić information content (AvgIpc) is 3.85. The molecule has 392 valence electrons. The van der Waals surface area contributed by atoms with Crippen molar-refractivity contribution in [3.05, 3.63) is 24.3 Å². The van der Waals surface area contributed by atoms with Gasteiger partial charge in [-0.2, -0.15) is 0 Å². The fourth-order valence-electron chi connectivity index (χ4n) is 16.4. The maximum absolute atomic E-state index is 13.8. The van der Waals surface area contributed by atoms with Crippen LogP contribution in [0.15, 0.2) is 24.3 Å². The fourth-order valence-corrected chi connectivity index (χ4v) is 16.4. The van der Waals surface area contributed by atoms with Crippen LogP contribution in [-0.2, 0) is 38.1 Å². The molecule has 0 aromatic rings. The molecule has 1 heterocycles. The van der Waals surface area contributed by atoms with E-state index in [4.69, 9.17) is 23.7 Å².